The van der Waals surface area contributed by atoms with Crippen molar-refractivity contribution >= 4 is 38.2 Å². The number of nitrogens with zero attached hydrogens (tertiary/aromatic N) is 1. The van der Waals surface area contributed by atoms with Crippen LogP contribution in [0.4, 0.5) is 5.00 Å². The molecule has 10 heteroatoms. The van der Waals surface area contributed by atoms with Gasteiger partial charge in [-0.05, 0) is 62.9 Å². The molecule has 2 atom stereocenters. The Bertz CT molecular complexity index is 1130. The maximum Gasteiger partial charge on any atom is 0.256 e. The third-order valence-electron chi connectivity index (χ3n) is 5.74. The van der Waals surface area contributed by atoms with Crippen molar-refractivity contribution in [2.75, 3.05) is 25.5 Å². The van der Waals surface area contributed by atoms with Gasteiger partial charge >= 0.3 is 0 Å². The fraction of sp³-hybridized carbons (Fsp3) is 0.455. The molecule has 2 aliphatic rings. The van der Waals surface area contributed by atoms with Crippen molar-refractivity contribution in [2.24, 2.45) is 0 Å². The number of carbonyl (C=O) groups excluding carboxylic acids is 2. The molecule has 0 unspecified atom stereocenters. The molecule has 1 saturated heterocycles. The molecule has 2 N–H and O–H groups in total. The highest BCUT2D eigenvalue weighted by atomic mass is 32.2. The third kappa shape index (κ3) is 4.32. The number of carbonyl (C=O) groups is 2. The van der Waals surface area contributed by atoms with Crippen LogP contribution in [0.2, 0.25) is 0 Å². The van der Waals surface area contributed by atoms with Crippen LogP contribution in [-0.4, -0.2) is 56.9 Å². The topological polar surface area (TPSA) is 105 Å². The van der Waals surface area contributed by atoms with Gasteiger partial charge in [-0.2, -0.15) is 4.31 Å². The lowest BCUT2D eigenvalue weighted by molar-refractivity contribution is -0.0440. The van der Waals surface area contributed by atoms with Gasteiger partial charge in [-0.3, -0.25) is 9.59 Å². The second kappa shape index (κ2) is 8.93. The summed E-state index contributed by atoms with van der Waals surface area (Å²) in [6.07, 6.45) is 2.39. The predicted molar refractivity (Wildman–Crippen MR) is 123 cm³/mol. The Labute approximate surface area is 192 Å². The molecule has 0 saturated carbocycles. The van der Waals surface area contributed by atoms with Crippen molar-refractivity contribution in [1.82, 2.24) is 9.62 Å². The van der Waals surface area contributed by atoms with E-state index in [0.717, 1.165) is 29.7 Å². The summed E-state index contributed by atoms with van der Waals surface area (Å²) in [4.78, 5) is 26.5. The van der Waals surface area contributed by atoms with Gasteiger partial charge in [0.15, 0.2) is 0 Å². The van der Waals surface area contributed by atoms with E-state index in [1.165, 1.54) is 39.9 Å². The van der Waals surface area contributed by atoms with Gasteiger partial charge in [0.05, 0.1) is 22.7 Å². The zero-order chi connectivity index (χ0) is 23.0. The zero-order valence-electron chi connectivity index (χ0n) is 18.3. The number of fused-ring (bicyclic) bond motifs is 1. The van der Waals surface area contributed by atoms with Crippen molar-refractivity contribution in [3.8, 4) is 0 Å². The number of aryl methyl sites for hydroxylation is 1. The highest BCUT2D eigenvalue weighted by Gasteiger charge is 2.32. The molecule has 1 aliphatic carbocycles. The standard InChI is InChI=1S/C22H27N3O5S2/c1-13-11-25(12-14(2)30-13)32(28,29)16-9-7-15(8-10-16)20(26)24-22-19(21(27)23-3)17-5-4-6-18(17)31-22/h7-10,13-14H,4-6,11-12H2,1-3H3,(H,23,27)(H,24,26)/t13-,14-/m1/s1. The van der Waals surface area contributed by atoms with Crippen LogP contribution in [0.15, 0.2) is 29.2 Å². The van der Waals surface area contributed by atoms with Gasteiger partial charge in [-0.25, -0.2) is 8.42 Å². The lowest BCUT2D eigenvalue weighted by Crippen LogP contribution is -2.48. The Morgan fingerprint density at radius 3 is 2.34 bits per heavy atom. The lowest BCUT2D eigenvalue weighted by atomic mass is 10.1. The number of rotatable bonds is 5. The number of sulfonamides is 1. The summed E-state index contributed by atoms with van der Waals surface area (Å²) in [5.41, 5.74) is 1.87. The first-order valence-corrected chi connectivity index (χ1v) is 12.9. The average Bonchev–Trinajstić information content (AvgIpc) is 3.33. The summed E-state index contributed by atoms with van der Waals surface area (Å²) in [6, 6.07) is 5.89. The van der Waals surface area contributed by atoms with Crippen LogP contribution in [0.1, 0.15) is 51.4 Å². The van der Waals surface area contributed by atoms with Crippen LogP contribution in [0, 0.1) is 0 Å². The number of thiophene rings is 1. The Morgan fingerprint density at radius 2 is 1.72 bits per heavy atom. The van der Waals surface area contributed by atoms with E-state index in [4.69, 9.17) is 4.74 Å². The van der Waals surface area contributed by atoms with Crippen LogP contribution >= 0.6 is 11.3 Å². The number of morpholine rings is 1. The van der Waals surface area contributed by atoms with Crippen LogP contribution < -0.4 is 10.6 Å². The molecule has 1 aromatic carbocycles. The summed E-state index contributed by atoms with van der Waals surface area (Å²) >= 11 is 1.43. The van der Waals surface area contributed by atoms with Crippen LogP contribution in [0.5, 0.6) is 0 Å². The largest absolute Gasteiger partial charge is 0.373 e. The number of ether oxygens (including phenoxy) is 1. The Kier molecular flexibility index (Phi) is 6.39. The van der Waals surface area contributed by atoms with Gasteiger partial charge in [0.25, 0.3) is 11.8 Å². The van der Waals surface area contributed by atoms with E-state index in [2.05, 4.69) is 10.6 Å². The third-order valence-corrected chi connectivity index (χ3v) is 8.80. The van der Waals surface area contributed by atoms with Crippen molar-refractivity contribution in [3.05, 3.63) is 45.8 Å². The fourth-order valence-corrected chi connectivity index (χ4v) is 7.16. The molecule has 1 aromatic heterocycles. The summed E-state index contributed by atoms with van der Waals surface area (Å²) in [6.45, 7) is 4.28. The minimum absolute atomic E-state index is 0.136. The quantitative estimate of drug-likeness (QED) is 0.689. The van der Waals surface area contributed by atoms with E-state index in [1.54, 1.807) is 7.05 Å². The monoisotopic (exact) mass is 477 g/mol. The Morgan fingerprint density at radius 1 is 1.06 bits per heavy atom. The number of benzene rings is 1. The molecule has 4 rings (SSSR count). The van der Waals surface area contributed by atoms with Crippen LogP contribution in [0.3, 0.4) is 0 Å². The van der Waals surface area contributed by atoms with Crippen LogP contribution in [-0.2, 0) is 27.6 Å². The molecule has 0 bridgehead atoms. The molecule has 8 nitrogen and oxygen atoms in total. The minimum Gasteiger partial charge on any atom is -0.373 e. The SMILES string of the molecule is CNC(=O)c1c(NC(=O)c2ccc(S(=O)(=O)N3C[C@@H](C)O[C@H](C)C3)cc2)sc2c1CCC2. The number of amides is 2. The Hall–Kier alpha value is -2.27. The zero-order valence-corrected chi connectivity index (χ0v) is 19.9. The van der Waals surface area contributed by atoms with Crippen molar-refractivity contribution in [2.45, 2.75) is 50.2 Å². The molecule has 0 spiro atoms. The number of anilines is 1. The normalized spacial score (nSPS) is 21.2. The lowest BCUT2D eigenvalue weighted by Gasteiger charge is -2.34. The Balaban J connectivity index is 1.53. The summed E-state index contributed by atoms with van der Waals surface area (Å²) in [5, 5.41) is 6.03. The van der Waals surface area contributed by atoms with Crippen molar-refractivity contribution in [3.63, 3.8) is 0 Å². The van der Waals surface area contributed by atoms with E-state index in [9.17, 15) is 18.0 Å². The molecular formula is C22H27N3O5S2. The smallest absolute Gasteiger partial charge is 0.256 e. The first-order chi connectivity index (χ1) is 15.2. The van der Waals surface area contributed by atoms with Gasteiger partial charge in [0, 0.05) is 30.6 Å². The van der Waals surface area contributed by atoms with Crippen LogP contribution in [0.25, 0.3) is 0 Å². The van der Waals surface area contributed by atoms with Gasteiger partial charge in [-0.15, -0.1) is 11.3 Å². The first kappa shape index (κ1) is 22.9. The van der Waals surface area contributed by atoms with Gasteiger partial charge in [0.2, 0.25) is 10.0 Å². The highest BCUT2D eigenvalue weighted by Crippen LogP contribution is 2.39. The molecule has 1 fully saturated rings. The second-order valence-electron chi connectivity index (χ2n) is 8.20. The molecule has 1 aliphatic heterocycles. The molecule has 0 radical (unpaired) electrons. The molecule has 2 amide bonds. The predicted octanol–water partition coefficient (Wildman–Crippen LogP) is 2.65. The summed E-state index contributed by atoms with van der Waals surface area (Å²) in [5.74, 6) is -0.595. The van der Waals surface area contributed by atoms with Gasteiger partial charge in [0.1, 0.15) is 5.00 Å². The van der Waals surface area contributed by atoms with Gasteiger partial charge in [-0.1, -0.05) is 0 Å². The molecular weight excluding hydrogens is 450 g/mol. The maximum atomic E-state index is 13.0. The molecule has 2 heterocycles. The number of hydrogen-bond donors (Lipinski definition) is 2. The minimum atomic E-state index is -3.68. The van der Waals surface area contributed by atoms with Crippen molar-refractivity contribution in [1.29, 1.82) is 0 Å². The average molecular weight is 478 g/mol. The van der Waals surface area contributed by atoms with E-state index in [0.29, 0.717) is 29.2 Å². The maximum absolute atomic E-state index is 13.0. The van der Waals surface area contributed by atoms with E-state index in [-0.39, 0.29) is 28.9 Å². The molecule has 32 heavy (non-hydrogen) atoms. The molecule has 172 valence electrons. The molecule has 2 aromatic rings. The van der Waals surface area contributed by atoms with E-state index >= 15 is 0 Å². The van der Waals surface area contributed by atoms with Gasteiger partial charge < -0.3 is 15.4 Å². The summed E-state index contributed by atoms with van der Waals surface area (Å²) < 4.78 is 33.1. The highest BCUT2D eigenvalue weighted by molar-refractivity contribution is 7.89. The van der Waals surface area contributed by atoms with E-state index in [1.807, 2.05) is 13.8 Å². The van der Waals surface area contributed by atoms with Crippen molar-refractivity contribution < 1.29 is 22.7 Å². The second-order valence-corrected chi connectivity index (χ2v) is 11.2. The summed E-state index contributed by atoms with van der Waals surface area (Å²) in [7, 11) is -2.11. The first-order valence-electron chi connectivity index (χ1n) is 10.6. The fourth-order valence-electron chi connectivity index (χ4n) is 4.29. The number of hydrogen-bond acceptors (Lipinski definition) is 6. The number of nitrogens with one attached hydrogen (secondary N) is 2. The van der Waals surface area contributed by atoms with E-state index < -0.39 is 10.0 Å².